The second kappa shape index (κ2) is 6.50. The van der Waals surface area contributed by atoms with Gasteiger partial charge in [0.15, 0.2) is 0 Å². The normalized spacial score (nSPS) is 10.3. The summed E-state index contributed by atoms with van der Waals surface area (Å²) in [6.07, 6.45) is 4.27. The zero-order valence-electron chi connectivity index (χ0n) is 10.8. The van der Waals surface area contributed by atoms with Crippen molar-refractivity contribution in [2.24, 2.45) is 0 Å². The van der Waals surface area contributed by atoms with Gasteiger partial charge in [0, 0.05) is 4.90 Å². The Hall–Kier alpha value is -1.41. The van der Waals surface area contributed by atoms with Crippen molar-refractivity contribution < 1.29 is 4.74 Å². The van der Waals surface area contributed by atoms with Crippen LogP contribution in [0.4, 0.5) is 0 Å². The van der Waals surface area contributed by atoms with Gasteiger partial charge in [-0.2, -0.15) is 0 Å². The van der Waals surface area contributed by atoms with Crippen molar-refractivity contribution in [3.05, 3.63) is 59.7 Å². The number of aryl methyl sites for hydroxylation is 2. The molecule has 0 spiro atoms. The molecule has 94 valence electrons. The summed E-state index contributed by atoms with van der Waals surface area (Å²) in [6, 6.07) is 17.1. The van der Waals surface area contributed by atoms with Crippen LogP contribution in [0.3, 0.4) is 0 Å². The van der Waals surface area contributed by atoms with E-state index in [1.54, 1.807) is 18.9 Å². The summed E-state index contributed by atoms with van der Waals surface area (Å²) < 4.78 is 5.16. The van der Waals surface area contributed by atoms with Crippen LogP contribution in [0.25, 0.3) is 0 Å². The summed E-state index contributed by atoms with van der Waals surface area (Å²) in [5.74, 6) is 0.920. The van der Waals surface area contributed by atoms with Crippen molar-refractivity contribution in [3.8, 4) is 5.75 Å². The van der Waals surface area contributed by atoms with Gasteiger partial charge in [-0.15, -0.1) is 11.8 Å². The first kappa shape index (κ1) is 13.0. The summed E-state index contributed by atoms with van der Waals surface area (Å²) in [5.41, 5.74) is 2.75. The third-order valence-electron chi connectivity index (χ3n) is 3.00. The van der Waals surface area contributed by atoms with E-state index >= 15 is 0 Å². The van der Waals surface area contributed by atoms with Crippen LogP contribution in [-0.4, -0.2) is 13.4 Å². The molecular formula is C16H18OS. The van der Waals surface area contributed by atoms with Crippen molar-refractivity contribution in [1.82, 2.24) is 0 Å². The highest BCUT2D eigenvalue weighted by atomic mass is 32.2. The fourth-order valence-corrected chi connectivity index (χ4v) is 2.39. The van der Waals surface area contributed by atoms with Crippen molar-refractivity contribution >= 4 is 11.8 Å². The van der Waals surface area contributed by atoms with Gasteiger partial charge in [-0.25, -0.2) is 0 Å². The van der Waals surface area contributed by atoms with Crippen LogP contribution in [-0.2, 0) is 12.8 Å². The molecule has 0 unspecified atom stereocenters. The number of thioether (sulfide) groups is 1. The molecule has 0 aliphatic heterocycles. The molecule has 0 saturated heterocycles. The van der Waals surface area contributed by atoms with E-state index in [1.807, 2.05) is 12.1 Å². The van der Waals surface area contributed by atoms with E-state index < -0.39 is 0 Å². The Labute approximate surface area is 113 Å². The molecule has 0 aliphatic carbocycles. The standard InChI is InChI=1S/C16H18OS/c1-17-15-10-8-13(9-11-15)6-7-14-4-3-5-16(12-14)18-2/h3-5,8-12H,6-7H2,1-2H3. The van der Waals surface area contributed by atoms with Crippen LogP contribution in [0.1, 0.15) is 11.1 Å². The Balaban J connectivity index is 1.97. The van der Waals surface area contributed by atoms with Crippen molar-refractivity contribution in [1.29, 1.82) is 0 Å². The summed E-state index contributed by atoms with van der Waals surface area (Å²) >= 11 is 1.79. The molecule has 0 saturated carbocycles. The topological polar surface area (TPSA) is 9.23 Å². The predicted octanol–water partition coefficient (Wildman–Crippen LogP) is 4.20. The van der Waals surface area contributed by atoms with Crippen molar-refractivity contribution in [3.63, 3.8) is 0 Å². The maximum atomic E-state index is 5.16. The Kier molecular flexibility index (Phi) is 4.71. The number of hydrogen-bond acceptors (Lipinski definition) is 2. The molecule has 0 aromatic heterocycles. The first-order chi connectivity index (χ1) is 8.81. The third-order valence-corrected chi connectivity index (χ3v) is 3.72. The predicted molar refractivity (Wildman–Crippen MR) is 78.6 cm³/mol. The number of ether oxygens (including phenoxy) is 1. The molecule has 18 heavy (non-hydrogen) atoms. The van der Waals surface area contributed by atoms with E-state index in [0.717, 1.165) is 18.6 Å². The molecule has 0 atom stereocenters. The molecule has 0 heterocycles. The quantitative estimate of drug-likeness (QED) is 0.743. The molecule has 0 amide bonds. The van der Waals surface area contributed by atoms with Crippen LogP contribution >= 0.6 is 11.8 Å². The minimum absolute atomic E-state index is 0.920. The van der Waals surface area contributed by atoms with Gasteiger partial charge in [0.05, 0.1) is 7.11 Å². The van der Waals surface area contributed by atoms with Crippen LogP contribution in [0.5, 0.6) is 5.75 Å². The summed E-state index contributed by atoms with van der Waals surface area (Å²) in [6.45, 7) is 0. The van der Waals surface area contributed by atoms with Crippen LogP contribution < -0.4 is 4.74 Å². The lowest BCUT2D eigenvalue weighted by molar-refractivity contribution is 0.414. The Morgan fingerprint density at radius 1 is 0.944 bits per heavy atom. The second-order valence-electron chi connectivity index (χ2n) is 4.20. The van der Waals surface area contributed by atoms with Crippen molar-refractivity contribution in [2.45, 2.75) is 17.7 Å². The highest BCUT2D eigenvalue weighted by Crippen LogP contribution is 2.18. The van der Waals surface area contributed by atoms with E-state index in [1.165, 1.54) is 16.0 Å². The van der Waals surface area contributed by atoms with Gasteiger partial charge in [-0.05, 0) is 54.5 Å². The van der Waals surface area contributed by atoms with Gasteiger partial charge >= 0.3 is 0 Å². The van der Waals surface area contributed by atoms with Gasteiger partial charge in [0.1, 0.15) is 5.75 Å². The van der Waals surface area contributed by atoms with Crippen molar-refractivity contribution in [2.75, 3.05) is 13.4 Å². The van der Waals surface area contributed by atoms with E-state index in [-0.39, 0.29) is 0 Å². The van der Waals surface area contributed by atoms with Gasteiger partial charge in [-0.1, -0.05) is 24.3 Å². The highest BCUT2D eigenvalue weighted by Gasteiger charge is 1.98. The number of benzene rings is 2. The summed E-state index contributed by atoms with van der Waals surface area (Å²) in [4.78, 5) is 1.34. The van der Waals surface area contributed by atoms with Crippen LogP contribution in [0.15, 0.2) is 53.4 Å². The van der Waals surface area contributed by atoms with Gasteiger partial charge in [0.2, 0.25) is 0 Å². The molecule has 0 fully saturated rings. The first-order valence-electron chi connectivity index (χ1n) is 6.07. The lowest BCUT2D eigenvalue weighted by Gasteiger charge is -2.05. The SMILES string of the molecule is COc1ccc(CCc2cccc(SC)c2)cc1. The number of rotatable bonds is 5. The van der Waals surface area contributed by atoms with E-state index in [2.05, 4.69) is 42.7 Å². The molecule has 2 rings (SSSR count). The fraction of sp³-hybridized carbons (Fsp3) is 0.250. The zero-order valence-corrected chi connectivity index (χ0v) is 11.7. The van der Waals surface area contributed by atoms with E-state index in [9.17, 15) is 0 Å². The average molecular weight is 258 g/mol. The molecule has 2 aromatic rings. The smallest absolute Gasteiger partial charge is 0.118 e. The molecule has 0 bridgehead atoms. The molecular weight excluding hydrogens is 240 g/mol. The lowest BCUT2D eigenvalue weighted by Crippen LogP contribution is -1.92. The molecule has 0 N–H and O–H groups in total. The minimum Gasteiger partial charge on any atom is -0.497 e. The maximum Gasteiger partial charge on any atom is 0.118 e. The number of methoxy groups -OCH3 is 1. The number of hydrogen-bond donors (Lipinski definition) is 0. The lowest BCUT2D eigenvalue weighted by atomic mass is 10.0. The Morgan fingerprint density at radius 3 is 2.33 bits per heavy atom. The Morgan fingerprint density at radius 2 is 1.67 bits per heavy atom. The molecule has 0 radical (unpaired) electrons. The molecule has 2 aromatic carbocycles. The molecule has 0 aliphatic rings. The van der Waals surface area contributed by atoms with E-state index in [0.29, 0.717) is 0 Å². The highest BCUT2D eigenvalue weighted by molar-refractivity contribution is 7.98. The minimum atomic E-state index is 0.920. The van der Waals surface area contributed by atoms with Gasteiger partial charge < -0.3 is 4.74 Å². The zero-order chi connectivity index (χ0) is 12.8. The van der Waals surface area contributed by atoms with Crippen LogP contribution in [0, 0.1) is 0 Å². The first-order valence-corrected chi connectivity index (χ1v) is 7.30. The second-order valence-corrected chi connectivity index (χ2v) is 5.08. The monoisotopic (exact) mass is 258 g/mol. The summed E-state index contributed by atoms with van der Waals surface area (Å²) in [5, 5.41) is 0. The third kappa shape index (κ3) is 3.54. The Bertz CT molecular complexity index is 491. The van der Waals surface area contributed by atoms with Gasteiger partial charge in [-0.3, -0.25) is 0 Å². The average Bonchev–Trinajstić information content (AvgIpc) is 2.46. The molecule has 1 nitrogen and oxygen atoms in total. The van der Waals surface area contributed by atoms with E-state index in [4.69, 9.17) is 4.74 Å². The van der Waals surface area contributed by atoms with Gasteiger partial charge in [0.25, 0.3) is 0 Å². The maximum absolute atomic E-state index is 5.16. The largest absolute Gasteiger partial charge is 0.497 e. The van der Waals surface area contributed by atoms with Crippen LogP contribution in [0.2, 0.25) is 0 Å². The molecule has 2 heteroatoms. The fourth-order valence-electron chi connectivity index (χ4n) is 1.91. The summed E-state index contributed by atoms with van der Waals surface area (Å²) in [7, 11) is 1.70.